The Labute approximate surface area is 226 Å². The molecular weight excluding hydrogens is 524 g/mol. The van der Waals surface area contributed by atoms with Gasteiger partial charge in [0.2, 0.25) is 10.0 Å². The molecule has 1 aromatic carbocycles. The van der Waals surface area contributed by atoms with E-state index in [1.807, 2.05) is 36.5 Å². The molecule has 198 valence electrons. The molecule has 5 rings (SSSR count). The van der Waals surface area contributed by atoms with Crippen molar-refractivity contribution in [2.75, 3.05) is 17.6 Å². The van der Waals surface area contributed by atoms with Crippen LogP contribution in [0.3, 0.4) is 0 Å². The van der Waals surface area contributed by atoms with Crippen LogP contribution in [0, 0.1) is 0 Å². The molecule has 4 N–H and O–H groups in total. The maximum atomic E-state index is 12.6. The molecule has 9 nitrogen and oxygen atoms in total. The highest BCUT2D eigenvalue weighted by atomic mass is 35.5. The third kappa shape index (κ3) is 6.50. The number of pyridine rings is 2. The van der Waals surface area contributed by atoms with Crippen molar-refractivity contribution in [3.63, 3.8) is 0 Å². The summed E-state index contributed by atoms with van der Waals surface area (Å²) >= 11 is 6.35. The Kier molecular flexibility index (Phi) is 7.92. The Bertz CT molecular complexity index is 1520. The summed E-state index contributed by atoms with van der Waals surface area (Å²) in [5.74, 6) is 0.234. The third-order valence-electron chi connectivity index (χ3n) is 6.67. The molecule has 0 radical (unpaired) electrons. The highest BCUT2D eigenvalue weighted by Gasteiger charge is 2.25. The number of nitrogens with zero attached hydrogens (tertiary/aromatic N) is 2. The lowest BCUT2D eigenvalue weighted by Crippen LogP contribution is -2.42. The van der Waals surface area contributed by atoms with Gasteiger partial charge in [0.25, 0.3) is 5.91 Å². The molecule has 11 heteroatoms. The zero-order chi connectivity index (χ0) is 26.5. The van der Waals surface area contributed by atoms with E-state index in [-0.39, 0.29) is 30.3 Å². The summed E-state index contributed by atoms with van der Waals surface area (Å²) in [6, 6.07) is 16.5. The van der Waals surface area contributed by atoms with Gasteiger partial charge in [-0.25, -0.2) is 23.1 Å². The van der Waals surface area contributed by atoms with Crippen molar-refractivity contribution >= 4 is 44.4 Å². The first-order valence-corrected chi connectivity index (χ1v) is 14.6. The van der Waals surface area contributed by atoms with E-state index in [9.17, 15) is 13.2 Å². The van der Waals surface area contributed by atoms with Crippen LogP contribution in [0.25, 0.3) is 22.2 Å². The monoisotopic (exact) mass is 552 g/mol. The Balaban J connectivity index is 1.12. The highest BCUT2D eigenvalue weighted by Crippen LogP contribution is 2.31. The summed E-state index contributed by atoms with van der Waals surface area (Å²) in [7, 11) is -3.51. The minimum Gasteiger partial charge on any atom is -0.367 e. The lowest BCUT2D eigenvalue weighted by molar-refractivity contribution is 0.0956. The van der Waals surface area contributed by atoms with Gasteiger partial charge in [0, 0.05) is 47.5 Å². The molecular formula is C27H29ClN6O3S. The topological polar surface area (TPSA) is 129 Å². The van der Waals surface area contributed by atoms with Crippen LogP contribution in [-0.4, -0.2) is 53.7 Å². The van der Waals surface area contributed by atoms with Gasteiger partial charge in [-0.3, -0.25) is 4.79 Å². The smallest absolute Gasteiger partial charge is 0.251 e. The molecule has 1 fully saturated rings. The summed E-state index contributed by atoms with van der Waals surface area (Å²) in [4.78, 5) is 24.1. The van der Waals surface area contributed by atoms with Gasteiger partial charge in [0.05, 0.1) is 5.75 Å². The van der Waals surface area contributed by atoms with Crippen LogP contribution in [0.2, 0.25) is 5.15 Å². The van der Waals surface area contributed by atoms with Crippen molar-refractivity contribution in [2.24, 2.45) is 0 Å². The number of sulfonamides is 1. The van der Waals surface area contributed by atoms with E-state index in [2.05, 4.69) is 30.3 Å². The van der Waals surface area contributed by atoms with Crippen LogP contribution >= 0.6 is 11.6 Å². The van der Waals surface area contributed by atoms with E-state index in [1.54, 1.807) is 30.5 Å². The number of amides is 1. The fourth-order valence-corrected chi connectivity index (χ4v) is 6.23. The maximum Gasteiger partial charge on any atom is 0.251 e. The Hall–Kier alpha value is -3.47. The lowest BCUT2D eigenvalue weighted by Gasteiger charge is -2.30. The molecule has 1 saturated carbocycles. The molecule has 0 saturated heterocycles. The quantitative estimate of drug-likeness (QED) is 0.228. The molecule has 0 spiro atoms. The summed E-state index contributed by atoms with van der Waals surface area (Å²) in [5, 5.41) is 7.54. The number of H-pyrrole nitrogens is 1. The molecule has 0 aliphatic heterocycles. The van der Waals surface area contributed by atoms with Gasteiger partial charge in [0.1, 0.15) is 16.6 Å². The predicted octanol–water partition coefficient (Wildman–Crippen LogP) is 4.35. The molecule has 0 atom stereocenters. The number of fused-ring (bicyclic) bond motifs is 1. The number of hydrogen-bond acceptors (Lipinski definition) is 6. The van der Waals surface area contributed by atoms with E-state index < -0.39 is 10.0 Å². The van der Waals surface area contributed by atoms with Crippen molar-refractivity contribution in [3.05, 3.63) is 77.7 Å². The molecule has 0 bridgehead atoms. The number of benzene rings is 1. The Morgan fingerprint density at radius 3 is 2.58 bits per heavy atom. The summed E-state index contributed by atoms with van der Waals surface area (Å²) in [6.07, 6.45) is 6.65. The summed E-state index contributed by atoms with van der Waals surface area (Å²) in [5.41, 5.74) is 3.25. The third-order valence-corrected chi connectivity index (χ3v) is 8.30. The van der Waals surface area contributed by atoms with Gasteiger partial charge in [-0.05, 0) is 67.6 Å². The predicted molar refractivity (Wildman–Crippen MR) is 150 cm³/mol. The van der Waals surface area contributed by atoms with E-state index in [0.29, 0.717) is 29.4 Å². The van der Waals surface area contributed by atoms with Crippen LogP contribution in [0.1, 0.15) is 36.0 Å². The van der Waals surface area contributed by atoms with Crippen molar-refractivity contribution < 1.29 is 13.2 Å². The number of carbonyl (C=O) groups is 1. The first-order valence-electron chi connectivity index (χ1n) is 12.6. The van der Waals surface area contributed by atoms with Crippen LogP contribution in [0.15, 0.2) is 67.0 Å². The largest absolute Gasteiger partial charge is 0.367 e. The normalized spacial score (nSPS) is 17.8. The lowest BCUT2D eigenvalue weighted by atomic mass is 9.92. The number of rotatable bonds is 9. The van der Waals surface area contributed by atoms with Crippen molar-refractivity contribution in [1.82, 2.24) is 25.0 Å². The van der Waals surface area contributed by atoms with Crippen LogP contribution in [0.5, 0.6) is 0 Å². The van der Waals surface area contributed by atoms with Crippen molar-refractivity contribution in [2.45, 2.75) is 37.8 Å². The molecule has 0 unspecified atom stereocenters. The number of aromatic nitrogens is 3. The summed E-state index contributed by atoms with van der Waals surface area (Å²) in [6.45, 7) is 0.0508. The zero-order valence-electron chi connectivity index (χ0n) is 20.7. The minimum absolute atomic E-state index is 0.0508. The molecule has 1 aliphatic carbocycles. The van der Waals surface area contributed by atoms with E-state index in [0.717, 1.165) is 35.0 Å². The average molecular weight is 553 g/mol. The van der Waals surface area contributed by atoms with E-state index >= 15 is 0 Å². The Morgan fingerprint density at radius 2 is 1.79 bits per heavy atom. The van der Waals surface area contributed by atoms with Gasteiger partial charge in [-0.15, -0.1) is 0 Å². The van der Waals surface area contributed by atoms with Gasteiger partial charge >= 0.3 is 0 Å². The van der Waals surface area contributed by atoms with Gasteiger partial charge in [-0.1, -0.05) is 29.8 Å². The molecule has 38 heavy (non-hydrogen) atoms. The first-order chi connectivity index (χ1) is 18.4. The van der Waals surface area contributed by atoms with Crippen molar-refractivity contribution in [3.8, 4) is 11.1 Å². The second-order valence-electron chi connectivity index (χ2n) is 9.42. The zero-order valence-corrected chi connectivity index (χ0v) is 22.2. The van der Waals surface area contributed by atoms with Crippen LogP contribution < -0.4 is 15.4 Å². The fraction of sp³-hybridized carbons (Fsp3) is 0.296. The molecule has 4 aromatic rings. The van der Waals surface area contributed by atoms with Gasteiger partial charge < -0.3 is 15.6 Å². The molecule has 3 aromatic heterocycles. The molecule has 3 heterocycles. The highest BCUT2D eigenvalue weighted by molar-refractivity contribution is 7.89. The number of aromatic amines is 1. The van der Waals surface area contributed by atoms with E-state index in [1.165, 1.54) is 0 Å². The van der Waals surface area contributed by atoms with Gasteiger partial charge in [0.15, 0.2) is 0 Å². The standard InChI is InChI=1S/C27H29ClN6O3S/c28-24-15-19(23-17-31-26-22(23)7-4-12-29-26)16-25(33-24)32-20-8-10-21(11-9-20)34-38(36,37)14-13-30-27(35)18-5-2-1-3-6-18/h1-7,12,15-17,20-21,34H,8-11,13-14H2,(H,29,31)(H,30,35)(H,32,33). The first kappa shape index (κ1) is 26.1. The maximum absolute atomic E-state index is 12.6. The number of nitrogens with one attached hydrogen (secondary N) is 4. The Morgan fingerprint density at radius 1 is 1.03 bits per heavy atom. The van der Waals surface area contributed by atoms with Crippen LogP contribution in [0.4, 0.5) is 5.82 Å². The second-order valence-corrected chi connectivity index (χ2v) is 11.7. The summed E-state index contributed by atoms with van der Waals surface area (Å²) < 4.78 is 27.9. The van der Waals surface area contributed by atoms with Crippen LogP contribution in [-0.2, 0) is 10.0 Å². The number of carbonyl (C=O) groups excluding carboxylic acids is 1. The van der Waals surface area contributed by atoms with Crippen molar-refractivity contribution in [1.29, 1.82) is 0 Å². The second kappa shape index (κ2) is 11.5. The molecule has 1 amide bonds. The van der Waals surface area contributed by atoms with Gasteiger partial charge in [-0.2, -0.15) is 0 Å². The number of hydrogen-bond donors (Lipinski definition) is 4. The molecule has 1 aliphatic rings. The van der Waals surface area contributed by atoms with E-state index in [4.69, 9.17) is 11.6 Å². The SMILES string of the molecule is O=C(NCCS(=O)(=O)NC1CCC(Nc2cc(-c3c[nH]c4ncccc34)cc(Cl)n2)CC1)c1ccccc1. The number of anilines is 1. The fourth-order valence-electron chi connectivity index (χ4n) is 4.79. The average Bonchev–Trinajstić information content (AvgIpc) is 3.34. The minimum atomic E-state index is -3.51. The number of halogens is 1.